The summed E-state index contributed by atoms with van der Waals surface area (Å²) in [6, 6.07) is 10.8. The number of rotatable bonds is 2. The minimum Gasteiger partial charge on any atom is -0.310 e. The molecule has 3 nitrogen and oxygen atoms in total. The number of aromatic nitrogens is 1. The number of anilines is 1. The average Bonchev–Trinajstić information content (AvgIpc) is 2.38. The Labute approximate surface area is 112 Å². The number of pyridine rings is 1. The first-order valence-corrected chi connectivity index (χ1v) is 6.03. The van der Waals surface area contributed by atoms with Crippen molar-refractivity contribution < 1.29 is 9.18 Å². The molecule has 0 atom stereocenters. The summed E-state index contributed by atoms with van der Waals surface area (Å²) in [4.78, 5) is 17.6. The van der Waals surface area contributed by atoms with Crippen LogP contribution in [-0.2, 0) is 0 Å². The molecule has 5 heteroatoms. The average molecular weight is 309 g/mol. The van der Waals surface area contributed by atoms with Gasteiger partial charge in [-0.3, -0.25) is 4.79 Å². The van der Waals surface area contributed by atoms with Crippen molar-refractivity contribution in [3.8, 4) is 0 Å². The lowest BCUT2D eigenvalue weighted by Gasteiger charge is -2.16. The lowest BCUT2D eigenvalue weighted by Crippen LogP contribution is -2.27. The second-order valence-electron chi connectivity index (χ2n) is 3.69. The molecule has 0 bridgehead atoms. The van der Waals surface area contributed by atoms with Crippen LogP contribution in [0.5, 0.6) is 0 Å². The summed E-state index contributed by atoms with van der Waals surface area (Å²) >= 11 is 3.21. The highest BCUT2D eigenvalue weighted by molar-refractivity contribution is 9.10. The van der Waals surface area contributed by atoms with Gasteiger partial charge in [0.15, 0.2) is 0 Å². The minimum absolute atomic E-state index is 0.247. The molecule has 0 unspecified atom stereocenters. The quantitative estimate of drug-likeness (QED) is 0.798. The highest BCUT2D eigenvalue weighted by Crippen LogP contribution is 2.16. The first-order valence-electron chi connectivity index (χ1n) is 5.24. The third kappa shape index (κ3) is 2.73. The van der Waals surface area contributed by atoms with Crippen LogP contribution in [-0.4, -0.2) is 17.9 Å². The Kier molecular flexibility index (Phi) is 3.72. The van der Waals surface area contributed by atoms with Gasteiger partial charge in [0, 0.05) is 12.7 Å². The van der Waals surface area contributed by atoms with E-state index in [1.54, 1.807) is 37.4 Å². The predicted octanol–water partition coefficient (Wildman–Crippen LogP) is 3.26. The molecule has 92 valence electrons. The van der Waals surface area contributed by atoms with Gasteiger partial charge in [0.2, 0.25) is 0 Å². The highest BCUT2D eigenvalue weighted by atomic mass is 79.9. The van der Waals surface area contributed by atoms with Crippen molar-refractivity contribution >= 4 is 27.5 Å². The smallest absolute Gasteiger partial charge is 0.276 e. The molecule has 0 fully saturated rings. The lowest BCUT2D eigenvalue weighted by molar-refractivity contribution is 0.0988. The van der Waals surface area contributed by atoms with E-state index in [0.717, 1.165) is 0 Å². The molecular weight excluding hydrogens is 299 g/mol. The number of carbonyl (C=O) groups excluding carboxylic acids is 1. The van der Waals surface area contributed by atoms with E-state index in [2.05, 4.69) is 20.9 Å². The maximum Gasteiger partial charge on any atom is 0.276 e. The Balaban J connectivity index is 2.26. The maximum absolute atomic E-state index is 12.8. The fourth-order valence-electron chi connectivity index (χ4n) is 1.48. The zero-order chi connectivity index (χ0) is 13.1. The van der Waals surface area contributed by atoms with Crippen molar-refractivity contribution in [2.45, 2.75) is 0 Å². The number of halogens is 2. The van der Waals surface area contributed by atoms with E-state index in [-0.39, 0.29) is 11.7 Å². The minimum atomic E-state index is -0.333. The van der Waals surface area contributed by atoms with Gasteiger partial charge in [-0.15, -0.1) is 0 Å². The van der Waals surface area contributed by atoms with Crippen LogP contribution >= 0.6 is 15.9 Å². The summed E-state index contributed by atoms with van der Waals surface area (Å²) < 4.78 is 13.4. The van der Waals surface area contributed by atoms with Crippen LogP contribution in [0.25, 0.3) is 0 Å². The fraction of sp³-hybridized carbons (Fsp3) is 0.0769. The van der Waals surface area contributed by atoms with Gasteiger partial charge in [0.05, 0.1) is 0 Å². The standard InChI is InChI=1S/C13H10BrFN2O/c1-17(10-7-5-9(15)6-8-10)13(18)11-3-2-4-12(14)16-11/h2-8H,1H3. The number of hydrogen-bond acceptors (Lipinski definition) is 2. The number of benzene rings is 1. The van der Waals surface area contributed by atoms with Crippen LogP contribution in [0.1, 0.15) is 10.5 Å². The van der Waals surface area contributed by atoms with Gasteiger partial charge in [-0.05, 0) is 52.3 Å². The summed E-state index contributed by atoms with van der Waals surface area (Å²) in [5.41, 5.74) is 0.944. The molecule has 2 rings (SSSR count). The van der Waals surface area contributed by atoms with Crippen LogP contribution in [0, 0.1) is 5.82 Å². The number of carbonyl (C=O) groups is 1. The molecule has 1 amide bonds. The van der Waals surface area contributed by atoms with Crippen molar-refractivity contribution in [1.29, 1.82) is 0 Å². The predicted molar refractivity (Wildman–Crippen MR) is 71.1 cm³/mol. The zero-order valence-corrected chi connectivity index (χ0v) is 11.2. The third-order valence-corrected chi connectivity index (χ3v) is 2.89. The van der Waals surface area contributed by atoms with E-state index in [1.807, 2.05) is 0 Å². The summed E-state index contributed by atoms with van der Waals surface area (Å²) in [6.45, 7) is 0. The third-order valence-electron chi connectivity index (χ3n) is 2.45. The van der Waals surface area contributed by atoms with E-state index in [4.69, 9.17) is 0 Å². The van der Waals surface area contributed by atoms with Gasteiger partial charge in [-0.1, -0.05) is 6.07 Å². The number of hydrogen-bond donors (Lipinski definition) is 0. The first kappa shape index (κ1) is 12.7. The molecule has 0 aliphatic carbocycles. The fourth-order valence-corrected chi connectivity index (χ4v) is 1.82. The Morgan fingerprint density at radius 1 is 1.22 bits per heavy atom. The molecule has 0 aliphatic rings. The van der Waals surface area contributed by atoms with Gasteiger partial charge < -0.3 is 4.90 Å². The Morgan fingerprint density at radius 3 is 2.50 bits per heavy atom. The molecule has 0 aliphatic heterocycles. The molecule has 1 heterocycles. The SMILES string of the molecule is CN(C(=O)c1cccc(Br)n1)c1ccc(F)cc1. The van der Waals surface area contributed by atoms with Gasteiger partial charge in [0.25, 0.3) is 5.91 Å². The first-order chi connectivity index (χ1) is 8.58. The van der Waals surface area contributed by atoms with Crippen LogP contribution in [0.15, 0.2) is 47.1 Å². The number of amides is 1. The second kappa shape index (κ2) is 5.27. The van der Waals surface area contributed by atoms with Gasteiger partial charge >= 0.3 is 0 Å². The van der Waals surface area contributed by atoms with Crippen LogP contribution in [0.3, 0.4) is 0 Å². The molecular formula is C13H10BrFN2O. The second-order valence-corrected chi connectivity index (χ2v) is 4.50. The van der Waals surface area contributed by atoms with Crippen LogP contribution < -0.4 is 4.90 Å². The Hall–Kier alpha value is -1.75. The summed E-state index contributed by atoms with van der Waals surface area (Å²) in [6.07, 6.45) is 0. The molecule has 18 heavy (non-hydrogen) atoms. The molecule has 2 aromatic rings. The summed E-state index contributed by atoms with van der Waals surface area (Å²) in [5, 5.41) is 0. The Bertz CT molecular complexity index is 571. The van der Waals surface area contributed by atoms with Crippen LogP contribution in [0.2, 0.25) is 0 Å². The van der Waals surface area contributed by atoms with Crippen molar-refractivity contribution in [3.63, 3.8) is 0 Å². The highest BCUT2D eigenvalue weighted by Gasteiger charge is 2.14. The van der Waals surface area contributed by atoms with E-state index >= 15 is 0 Å². The van der Waals surface area contributed by atoms with E-state index < -0.39 is 0 Å². The van der Waals surface area contributed by atoms with E-state index in [0.29, 0.717) is 16.0 Å². The lowest BCUT2D eigenvalue weighted by atomic mass is 10.2. The normalized spacial score (nSPS) is 10.2. The van der Waals surface area contributed by atoms with Crippen LogP contribution in [0.4, 0.5) is 10.1 Å². The number of nitrogens with zero attached hydrogens (tertiary/aromatic N) is 2. The monoisotopic (exact) mass is 308 g/mol. The van der Waals surface area contributed by atoms with Crippen molar-refractivity contribution in [1.82, 2.24) is 4.98 Å². The van der Waals surface area contributed by atoms with Crippen molar-refractivity contribution in [2.24, 2.45) is 0 Å². The summed E-state index contributed by atoms with van der Waals surface area (Å²) in [5.74, 6) is -0.580. The molecule has 0 radical (unpaired) electrons. The maximum atomic E-state index is 12.8. The van der Waals surface area contributed by atoms with E-state index in [9.17, 15) is 9.18 Å². The molecule has 0 spiro atoms. The molecule has 1 aromatic carbocycles. The van der Waals surface area contributed by atoms with Gasteiger partial charge in [-0.25, -0.2) is 9.37 Å². The molecule has 0 saturated heterocycles. The largest absolute Gasteiger partial charge is 0.310 e. The van der Waals surface area contributed by atoms with Crippen molar-refractivity contribution in [2.75, 3.05) is 11.9 Å². The van der Waals surface area contributed by atoms with Gasteiger partial charge in [-0.2, -0.15) is 0 Å². The zero-order valence-electron chi connectivity index (χ0n) is 9.60. The Morgan fingerprint density at radius 2 is 1.89 bits per heavy atom. The molecule has 0 N–H and O–H groups in total. The van der Waals surface area contributed by atoms with Crippen molar-refractivity contribution in [3.05, 3.63) is 58.6 Å². The van der Waals surface area contributed by atoms with Gasteiger partial charge in [0.1, 0.15) is 16.1 Å². The van der Waals surface area contributed by atoms with E-state index in [1.165, 1.54) is 17.0 Å². The topological polar surface area (TPSA) is 33.2 Å². The summed E-state index contributed by atoms with van der Waals surface area (Å²) in [7, 11) is 1.62. The molecule has 1 aromatic heterocycles. The molecule has 0 saturated carbocycles.